The molecule has 0 aliphatic rings. The van der Waals surface area contributed by atoms with Crippen molar-refractivity contribution in [2.24, 2.45) is 0 Å². The Labute approximate surface area is 209 Å². The number of rotatable bonds is 7. The van der Waals surface area contributed by atoms with E-state index in [1.54, 1.807) is 12.1 Å². The van der Waals surface area contributed by atoms with Crippen LogP contribution in [0.3, 0.4) is 0 Å². The predicted molar refractivity (Wildman–Crippen MR) is 137 cm³/mol. The van der Waals surface area contributed by atoms with Gasteiger partial charge in [-0.3, -0.25) is 4.98 Å². The highest BCUT2D eigenvalue weighted by molar-refractivity contribution is 7.89. The van der Waals surface area contributed by atoms with Crippen LogP contribution in [0.4, 0.5) is 0 Å². The number of benzene rings is 3. The molecule has 0 radical (unpaired) electrons. The van der Waals surface area contributed by atoms with Crippen LogP contribution in [0.15, 0.2) is 77.7 Å². The van der Waals surface area contributed by atoms with Crippen LogP contribution in [-0.2, 0) is 16.4 Å². The van der Waals surface area contributed by atoms with Crippen molar-refractivity contribution >= 4 is 44.1 Å². The molecule has 0 saturated heterocycles. The zero-order valence-electron chi connectivity index (χ0n) is 18.7. The maximum atomic E-state index is 13.4. The maximum Gasteiger partial charge on any atom is 0.244 e. The van der Waals surface area contributed by atoms with Crippen LogP contribution in [0.1, 0.15) is 28.5 Å². The minimum atomic E-state index is -3.93. The van der Waals surface area contributed by atoms with Gasteiger partial charge in [-0.25, -0.2) is 12.7 Å². The molecule has 8 heteroatoms. The van der Waals surface area contributed by atoms with Gasteiger partial charge in [0.05, 0.1) is 10.5 Å². The van der Waals surface area contributed by atoms with Crippen molar-refractivity contribution in [3.8, 4) is 0 Å². The van der Waals surface area contributed by atoms with Crippen LogP contribution in [0.25, 0.3) is 10.9 Å². The molecule has 1 unspecified atom stereocenters. The van der Waals surface area contributed by atoms with Gasteiger partial charge in [-0.05, 0) is 37.1 Å². The molecule has 4 rings (SSSR count). The molecule has 176 valence electrons. The van der Waals surface area contributed by atoms with Crippen molar-refractivity contribution in [3.05, 3.63) is 105 Å². The van der Waals surface area contributed by atoms with Crippen LogP contribution in [0, 0.1) is 6.92 Å². The predicted octanol–water partition coefficient (Wildman–Crippen LogP) is 5.79. The Morgan fingerprint density at radius 3 is 2.44 bits per heavy atom. The van der Waals surface area contributed by atoms with E-state index in [-0.39, 0.29) is 27.0 Å². The summed E-state index contributed by atoms with van der Waals surface area (Å²) in [7, 11) is -2.42. The van der Waals surface area contributed by atoms with Crippen LogP contribution < -0.4 is 0 Å². The van der Waals surface area contributed by atoms with E-state index in [0.29, 0.717) is 17.5 Å². The molecule has 1 heterocycles. The number of hydrogen-bond donors (Lipinski definition) is 1. The number of likely N-dealkylation sites (N-methyl/N-ethyl adjacent to an activating group) is 1. The van der Waals surface area contributed by atoms with Gasteiger partial charge in [-0.1, -0.05) is 77.8 Å². The average Bonchev–Trinajstić information content (AvgIpc) is 2.82. The van der Waals surface area contributed by atoms with Gasteiger partial charge in [0.15, 0.2) is 0 Å². The largest absolute Gasteiger partial charge is 0.383 e. The lowest BCUT2D eigenvalue weighted by atomic mass is 9.98. The molecule has 3 aromatic carbocycles. The number of halogens is 2. The number of hydrogen-bond acceptors (Lipinski definition) is 4. The Kier molecular flexibility index (Phi) is 7.26. The zero-order valence-corrected chi connectivity index (χ0v) is 21.1. The number of fused-ring (bicyclic) bond motifs is 1. The third-order valence-electron chi connectivity index (χ3n) is 5.80. The summed E-state index contributed by atoms with van der Waals surface area (Å²) in [5, 5.41) is 12.2. The summed E-state index contributed by atoms with van der Waals surface area (Å²) in [5.74, 6) is 0. The van der Waals surface area contributed by atoms with Gasteiger partial charge in [0, 0.05) is 40.8 Å². The molecule has 0 saturated carbocycles. The van der Waals surface area contributed by atoms with E-state index in [1.165, 1.54) is 23.5 Å². The van der Waals surface area contributed by atoms with Crippen molar-refractivity contribution in [2.45, 2.75) is 24.3 Å². The molecule has 1 N–H and O–H groups in total. The van der Waals surface area contributed by atoms with E-state index in [2.05, 4.69) is 4.98 Å². The normalized spacial score (nSPS) is 12.9. The fraction of sp³-hybridized carbons (Fsp3) is 0.192. The standard InChI is InChI=1S/C26H24Cl2N2O3S/c1-17-11-12-19-9-6-10-20(25(19)29-17)26(31)23-21(27)13-14-22(24(23)28)34(32,33)30(2)16-15-18-7-4-3-5-8-18/h3-14,26,31H,15-16H2,1-2H3. The van der Waals surface area contributed by atoms with Crippen molar-refractivity contribution in [2.75, 3.05) is 13.6 Å². The molecule has 1 atom stereocenters. The molecule has 0 amide bonds. The number of aryl methyl sites for hydroxylation is 1. The van der Waals surface area contributed by atoms with Gasteiger partial charge in [-0.2, -0.15) is 0 Å². The summed E-state index contributed by atoms with van der Waals surface area (Å²) in [6, 6.07) is 21.7. The quantitative estimate of drug-likeness (QED) is 0.338. The second-order valence-corrected chi connectivity index (χ2v) is 10.9. The highest BCUT2D eigenvalue weighted by atomic mass is 35.5. The summed E-state index contributed by atoms with van der Waals surface area (Å²) in [4.78, 5) is 4.46. The van der Waals surface area contributed by atoms with Crippen LogP contribution in [0.2, 0.25) is 10.0 Å². The van der Waals surface area contributed by atoms with Crippen LogP contribution in [0.5, 0.6) is 0 Å². The first kappa shape index (κ1) is 24.6. The van der Waals surface area contributed by atoms with Gasteiger partial charge >= 0.3 is 0 Å². The molecular weight excluding hydrogens is 491 g/mol. The Morgan fingerprint density at radius 1 is 0.971 bits per heavy atom. The Bertz CT molecular complexity index is 1440. The average molecular weight is 515 g/mol. The smallest absolute Gasteiger partial charge is 0.244 e. The summed E-state index contributed by atoms with van der Waals surface area (Å²) in [5.41, 5.74) is 3.06. The van der Waals surface area contributed by atoms with Crippen molar-refractivity contribution in [3.63, 3.8) is 0 Å². The van der Waals surface area contributed by atoms with Crippen molar-refractivity contribution < 1.29 is 13.5 Å². The van der Waals surface area contributed by atoms with Crippen LogP contribution >= 0.6 is 23.2 Å². The minimum Gasteiger partial charge on any atom is -0.383 e. The van der Waals surface area contributed by atoms with Crippen LogP contribution in [-0.4, -0.2) is 36.4 Å². The van der Waals surface area contributed by atoms with Gasteiger partial charge < -0.3 is 5.11 Å². The first-order chi connectivity index (χ1) is 16.2. The summed E-state index contributed by atoms with van der Waals surface area (Å²) in [6.07, 6.45) is -0.707. The maximum absolute atomic E-state index is 13.4. The molecule has 5 nitrogen and oxygen atoms in total. The fourth-order valence-electron chi connectivity index (χ4n) is 3.86. The first-order valence-electron chi connectivity index (χ1n) is 10.7. The molecule has 4 aromatic rings. The van der Waals surface area contributed by atoms with E-state index in [9.17, 15) is 13.5 Å². The molecule has 0 aliphatic heterocycles. The van der Waals surface area contributed by atoms with E-state index in [1.807, 2.05) is 55.5 Å². The highest BCUT2D eigenvalue weighted by Gasteiger charge is 2.29. The number of aromatic nitrogens is 1. The number of aliphatic hydroxyl groups is 1. The number of sulfonamides is 1. The monoisotopic (exact) mass is 514 g/mol. The number of aliphatic hydroxyl groups excluding tert-OH is 1. The Hall–Kier alpha value is -2.48. The van der Waals surface area contributed by atoms with E-state index in [4.69, 9.17) is 23.2 Å². The van der Waals surface area contributed by atoms with Gasteiger partial charge in [0.25, 0.3) is 0 Å². The van der Waals surface area contributed by atoms with Gasteiger partial charge in [-0.15, -0.1) is 0 Å². The summed E-state index contributed by atoms with van der Waals surface area (Å²) in [6.45, 7) is 2.14. The zero-order chi connectivity index (χ0) is 24.5. The van der Waals surface area contributed by atoms with E-state index >= 15 is 0 Å². The summed E-state index contributed by atoms with van der Waals surface area (Å²) >= 11 is 13.0. The van der Waals surface area contributed by atoms with Gasteiger partial charge in [0.1, 0.15) is 11.0 Å². The molecule has 1 aromatic heterocycles. The van der Waals surface area contributed by atoms with Gasteiger partial charge in [0.2, 0.25) is 10.0 Å². The van der Waals surface area contributed by atoms with E-state index < -0.39 is 16.1 Å². The molecule has 0 spiro atoms. The lowest BCUT2D eigenvalue weighted by Crippen LogP contribution is -2.29. The molecular formula is C26H24Cl2N2O3S. The molecule has 0 bridgehead atoms. The van der Waals surface area contributed by atoms with Crippen molar-refractivity contribution in [1.29, 1.82) is 0 Å². The highest BCUT2D eigenvalue weighted by Crippen LogP contribution is 2.40. The van der Waals surface area contributed by atoms with E-state index in [0.717, 1.165) is 16.6 Å². The second kappa shape index (κ2) is 10.0. The molecule has 34 heavy (non-hydrogen) atoms. The third kappa shape index (κ3) is 4.83. The Balaban J connectivity index is 1.72. The summed E-state index contributed by atoms with van der Waals surface area (Å²) < 4.78 is 28.0. The topological polar surface area (TPSA) is 70.5 Å². The second-order valence-electron chi connectivity index (χ2n) is 8.11. The lowest BCUT2D eigenvalue weighted by molar-refractivity contribution is 0.221. The Morgan fingerprint density at radius 2 is 1.71 bits per heavy atom. The molecule has 0 fully saturated rings. The third-order valence-corrected chi connectivity index (χ3v) is 8.54. The number of nitrogens with zero attached hydrogens (tertiary/aromatic N) is 2. The first-order valence-corrected chi connectivity index (χ1v) is 12.9. The SMILES string of the molecule is Cc1ccc2cccc(C(O)c3c(Cl)ccc(S(=O)(=O)N(C)CCc4ccccc4)c3Cl)c2n1. The number of pyridine rings is 1. The fourth-order valence-corrected chi connectivity index (χ4v) is 5.98. The van der Waals surface area contributed by atoms with Crippen molar-refractivity contribution in [1.82, 2.24) is 9.29 Å². The lowest BCUT2D eigenvalue weighted by Gasteiger charge is -2.22. The minimum absolute atomic E-state index is 0.101. The number of para-hydroxylation sites is 1. The molecule has 0 aliphatic carbocycles.